The van der Waals surface area contributed by atoms with Crippen molar-refractivity contribution in [1.29, 1.82) is 0 Å². The first kappa shape index (κ1) is 17.2. The molecule has 20 heavy (non-hydrogen) atoms. The van der Waals surface area contributed by atoms with Crippen LogP contribution in [0, 0.1) is 5.92 Å². The van der Waals surface area contributed by atoms with Crippen molar-refractivity contribution in [2.45, 2.75) is 33.2 Å². The Morgan fingerprint density at radius 2 is 1.70 bits per heavy atom. The van der Waals surface area contributed by atoms with E-state index in [-0.39, 0.29) is 0 Å². The smallest absolute Gasteiger partial charge is 0.0700 e. The van der Waals surface area contributed by atoms with E-state index in [2.05, 4.69) is 50.4 Å². The molecule has 0 saturated heterocycles. The topological polar surface area (TPSA) is 30.5 Å². The first-order valence-electron chi connectivity index (χ1n) is 7.52. The summed E-state index contributed by atoms with van der Waals surface area (Å²) in [6.45, 7) is 9.59. The van der Waals surface area contributed by atoms with E-state index in [4.69, 9.17) is 9.47 Å². The summed E-state index contributed by atoms with van der Waals surface area (Å²) in [6, 6.07) is 9.28. The summed E-state index contributed by atoms with van der Waals surface area (Å²) < 4.78 is 10.4. The number of nitrogens with one attached hydrogen (secondary N) is 1. The highest BCUT2D eigenvalue weighted by Crippen LogP contribution is 2.15. The number of hydrogen-bond acceptors (Lipinski definition) is 3. The summed E-state index contributed by atoms with van der Waals surface area (Å²) in [5.41, 5.74) is 2.74. The van der Waals surface area contributed by atoms with Gasteiger partial charge in [0.05, 0.1) is 19.8 Å². The SMILES string of the molecule is COCCOCCNC(C)c1ccc(CC(C)C)cc1. The van der Waals surface area contributed by atoms with Gasteiger partial charge in [-0.25, -0.2) is 0 Å². The number of rotatable bonds is 10. The molecule has 0 amide bonds. The Hall–Kier alpha value is -0.900. The van der Waals surface area contributed by atoms with Gasteiger partial charge in [0.2, 0.25) is 0 Å². The van der Waals surface area contributed by atoms with E-state index in [1.54, 1.807) is 7.11 Å². The van der Waals surface area contributed by atoms with Crippen molar-refractivity contribution in [1.82, 2.24) is 5.32 Å². The fourth-order valence-corrected chi connectivity index (χ4v) is 2.12. The van der Waals surface area contributed by atoms with Crippen molar-refractivity contribution in [3.63, 3.8) is 0 Å². The van der Waals surface area contributed by atoms with Crippen LogP contribution in [0.2, 0.25) is 0 Å². The molecule has 1 unspecified atom stereocenters. The Kier molecular flexibility index (Phi) is 8.51. The van der Waals surface area contributed by atoms with Gasteiger partial charge in [-0.15, -0.1) is 0 Å². The van der Waals surface area contributed by atoms with Crippen molar-refractivity contribution in [2.24, 2.45) is 5.92 Å². The van der Waals surface area contributed by atoms with Gasteiger partial charge in [0.25, 0.3) is 0 Å². The predicted molar refractivity (Wildman–Crippen MR) is 84.1 cm³/mol. The highest BCUT2D eigenvalue weighted by Gasteiger charge is 2.05. The van der Waals surface area contributed by atoms with Crippen LogP contribution in [0.15, 0.2) is 24.3 Å². The van der Waals surface area contributed by atoms with Crippen LogP contribution in [-0.4, -0.2) is 33.5 Å². The van der Waals surface area contributed by atoms with Crippen LogP contribution in [0.25, 0.3) is 0 Å². The molecule has 3 heteroatoms. The summed E-state index contributed by atoms with van der Waals surface area (Å²) in [5.74, 6) is 0.709. The minimum absolute atomic E-state index is 0.356. The summed E-state index contributed by atoms with van der Waals surface area (Å²) in [4.78, 5) is 0. The van der Waals surface area contributed by atoms with E-state index in [1.807, 2.05) is 0 Å². The molecule has 1 rings (SSSR count). The molecule has 0 aliphatic carbocycles. The molecule has 0 fully saturated rings. The normalized spacial score (nSPS) is 12.8. The van der Waals surface area contributed by atoms with Crippen molar-refractivity contribution in [3.8, 4) is 0 Å². The van der Waals surface area contributed by atoms with Crippen LogP contribution in [0.5, 0.6) is 0 Å². The van der Waals surface area contributed by atoms with Crippen LogP contribution in [0.3, 0.4) is 0 Å². The molecule has 0 saturated carbocycles. The molecule has 0 radical (unpaired) electrons. The maximum absolute atomic E-state index is 5.44. The van der Waals surface area contributed by atoms with Gasteiger partial charge in [0, 0.05) is 19.7 Å². The second kappa shape index (κ2) is 9.92. The standard InChI is InChI=1S/C17H29NO2/c1-14(2)13-16-5-7-17(8-6-16)15(3)18-9-10-20-12-11-19-4/h5-8,14-15,18H,9-13H2,1-4H3. The van der Waals surface area contributed by atoms with Gasteiger partial charge in [0.1, 0.15) is 0 Å². The first-order chi connectivity index (χ1) is 9.63. The molecule has 0 aliphatic rings. The average Bonchev–Trinajstić information content (AvgIpc) is 2.42. The Bertz CT molecular complexity index is 349. The lowest BCUT2D eigenvalue weighted by Gasteiger charge is -2.15. The van der Waals surface area contributed by atoms with E-state index in [1.165, 1.54) is 11.1 Å². The van der Waals surface area contributed by atoms with Gasteiger partial charge < -0.3 is 14.8 Å². The fourth-order valence-electron chi connectivity index (χ4n) is 2.12. The molecular formula is C17H29NO2. The van der Waals surface area contributed by atoms with Gasteiger partial charge in [-0.2, -0.15) is 0 Å². The van der Waals surface area contributed by atoms with Crippen LogP contribution >= 0.6 is 0 Å². The van der Waals surface area contributed by atoms with Gasteiger partial charge in [0.15, 0.2) is 0 Å². The molecule has 1 atom stereocenters. The van der Waals surface area contributed by atoms with Crippen molar-refractivity contribution in [3.05, 3.63) is 35.4 Å². The van der Waals surface area contributed by atoms with E-state index in [0.29, 0.717) is 25.2 Å². The third kappa shape index (κ3) is 7.04. The number of benzene rings is 1. The second-order valence-electron chi connectivity index (χ2n) is 5.62. The summed E-state index contributed by atoms with van der Waals surface area (Å²) in [5, 5.41) is 3.47. The summed E-state index contributed by atoms with van der Waals surface area (Å²) >= 11 is 0. The van der Waals surface area contributed by atoms with E-state index >= 15 is 0 Å². The zero-order valence-electron chi connectivity index (χ0n) is 13.3. The lowest BCUT2D eigenvalue weighted by atomic mass is 10.00. The molecular weight excluding hydrogens is 250 g/mol. The third-order valence-corrected chi connectivity index (χ3v) is 3.25. The summed E-state index contributed by atoms with van der Waals surface area (Å²) in [7, 11) is 1.69. The van der Waals surface area contributed by atoms with Crippen molar-refractivity contribution < 1.29 is 9.47 Å². The molecule has 114 valence electrons. The molecule has 1 aromatic rings. The average molecular weight is 279 g/mol. The minimum atomic E-state index is 0.356. The van der Waals surface area contributed by atoms with Gasteiger partial charge >= 0.3 is 0 Å². The molecule has 0 spiro atoms. The molecule has 1 aromatic carbocycles. The van der Waals surface area contributed by atoms with Crippen LogP contribution in [0.1, 0.15) is 37.9 Å². The molecule has 0 aromatic heterocycles. The molecule has 0 heterocycles. The monoisotopic (exact) mass is 279 g/mol. The Morgan fingerprint density at radius 3 is 2.30 bits per heavy atom. The zero-order valence-corrected chi connectivity index (χ0v) is 13.3. The van der Waals surface area contributed by atoms with E-state index in [9.17, 15) is 0 Å². The quantitative estimate of drug-likeness (QED) is 0.667. The number of hydrogen-bond donors (Lipinski definition) is 1. The minimum Gasteiger partial charge on any atom is -0.382 e. The van der Waals surface area contributed by atoms with Crippen molar-refractivity contribution >= 4 is 0 Å². The Morgan fingerprint density at radius 1 is 1.00 bits per heavy atom. The fraction of sp³-hybridized carbons (Fsp3) is 0.647. The largest absolute Gasteiger partial charge is 0.382 e. The summed E-state index contributed by atoms with van der Waals surface area (Å²) in [6.07, 6.45) is 1.15. The van der Waals surface area contributed by atoms with Crippen LogP contribution in [-0.2, 0) is 15.9 Å². The van der Waals surface area contributed by atoms with E-state index in [0.717, 1.165) is 19.6 Å². The lowest BCUT2D eigenvalue weighted by molar-refractivity contribution is 0.0712. The number of methoxy groups -OCH3 is 1. The maximum atomic E-state index is 5.44. The predicted octanol–water partition coefficient (Wildman–Crippen LogP) is 3.20. The lowest BCUT2D eigenvalue weighted by Crippen LogP contribution is -2.23. The second-order valence-corrected chi connectivity index (χ2v) is 5.62. The van der Waals surface area contributed by atoms with Gasteiger partial charge in [-0.05, 0) is 30.4 Å². The van der Waals surface area contributed by atoms with Gasteiger partial charge in [-0.1, -0.05) is 38.1 Å². The first-order valence-corrected chi connectivity index (χ1v) is 7.52. The molecule has 0 bridgehead atoms. The molecule has 3 nitrogen and oxygen atoms in total. The molecule has 0 aliphatic heterocycles. The Labute approximate surface area is 123 Å². The van der Waals surface area contributed by atoms with Crippen LogP contribution in [0.4, 0.5) is 0 Å². The number of ether oxygens (including phenoxy) is 2. The highest BCUT2D eigenvalue weighted by atomic mass is 16.5. The van der Waals surface area contributed by atoms with Gasteiger partial charge in [-0.3, -0.25) is 0 Å². The van der Waals surface area contributed by atoms with Crippen LogP contribution < -0.4 is 5.32 Å². The zero-order chi connectivity index (χ0) is 14.8. The Balaban J connectivity index is 2.27. The van der Waals surface area contributed by atoms with Crippen molar-refractivity contribution in [2.75, 3.05) is 33.5 Å². The third-order valence-electron chi connectivity index (χ3n) is 3.25. The van der Waals surface area contributed by atoms with E-state index < -0.39 is 0 Å². The molecule has 1 N–H and O–H groups in total. The maximum Gasteiger partial charge on any atom is 0.0700 e. The highest BCUT2D eigenvalue weighted by molar-refractivity contribution is 5.25.